The van der Waals surface area contributed by atoms with Gasteiger partial charge in [0.1, 0.15) is 17.5 Å². The number of aliphatic imine (C=N–C) groups is 1. The number of aryl methyl sites for hydroxylation is 1. The number of hydrogen-bond donors (Lipinski definition) is 4. The largest absolute Gasteiger partial charge is 0.486 e. The summed E-state index contributed by atoms with van der Waals surface area (Å²) < 4.78 is 11.7. The molecule has 2 heterocycles. The van der Waals surface area contributed by atoms with Crippen molar-refractivity contribution in [2.75, 3.05) is 19.6 Å². The molecule has 6 N–H and O–H groups in total. The van der Waals surface area contributed by atoms with E-state index >= 15 is 0 Å². The third-order valence-electron chi connectivity index (χ3n) is 5.51. The van der Waals surface area contributed by atoms with Gasteiger partial charge in [0.15, 0.2) is 5.96 Å². The van der Waals surface area contributed by atoms with Crippen LogP contribution in [-0.4, -0.2) is 48.9 Å². The first-order valence-electron chi connectivity index (χ1n) is 11.0. The van der Waals surface area contributed by atoms with Gasteiger partial charge < -0.3 is 25.8 Å². The number of nitrogens with zero attached hydrogens (tertiary/aromatic N) is 1. The number of guanidine groups is 1. The van der Waals surface area contributed by atoms with Gasteiger partial charge >= 0.3 is 5.97 Å². The maximum atomic E-state index is 12.7. The third-order valence-corrected chi connectivity index (χ3v) is 5.51. The standard InChI is InChI=1S/C23H35N5O4/c1-22(2,3)31-20(29)23(4,32-25)19-9-7-16-12-15(6-8-18(16)30-19)17-13-27-21(28-14-17)26-11-5-10-24/h6,8,12-13,19H,5,7,9-11,14,24-25H2,1-4H3,(H2,26,27,28). The number of nitrogens with one attached hydrogen (secondary N) is 2. The normalized spacial score (nSPS) is 20.0. The number of carbonyl (C=O) groups excluding carboxylic acids is 1. The molecule has 2 unspecified atom stereocenters. The van der Waals surface area contributed by atoms with Gasteiger partial charge in [-0.1, -0.05) is 6.07 Å². The summed E-state index contributed by atoms with van der Waals surface area (Å²) in [7, 11) is 0. The van der Waals surface area contributed by atoms with Crippen LogP contribution in [0.15, 0.2) is 29.4 Å². The molecule has 0 spiro atoms. The fourth-order valence-corrected chi connectivity index (χ4v) is 3.62. The lowest BCUT2D eigenvalue weighted by atomic mass is 9.89. The van der Waals surface area contributed by atoms with Crippen LogP contribution in [0.5, 0.6) is 5.75 Å². The smallest absolute Gasteiger partial charge is 0.344 e. The maximum Gasteiger partial charge on any atom is 0.344 e. The zero-order valence-corrected chi connectivity index (χ0v) is 19.4. The van der Waals surface area contributed by atoms with Gasteiger partial charge in [-0.15, -0.1) is 0 Å². The van der Waals surface area contributed by atoms with Gasteiger partial charge in [-0.2, -0.15) is 0 Å². The Balaban J connectivity index is 1.71. The highest BCUT2D eigenvalue weighted by Crippen LogP contribution is 2.35. The van der Waals surface area contributed by atoms with Crippen LogP contribution in [0.3, 0.4) is 0 Å². The van der Waals surface area contributed by atoms with Crippen LogP contribution in [0.4, 0.5) is 0 Å². The highest BCUT2D eigenvalue weighted by molar-refractivity contribution is 5.86. The van der Waals surface area contributed by atoms with Crippen molar-refractivity contribution in [1.29, 1.82) is 0 Å². The van der Waals surface area contributed by atoms with Crippen LogP contribution < -0.4 is 27.0 Å². The van der Waals surface area contributed by atoms with Crippen LogP contribution in [-0.2, 0) is 20.8 Å². The SMILES string of the molecule is CC(C)(C)OC(=O)C(C)(ON)C1CCc2cc(C3=CN=C(NCCCN)NC3)ccc2O1. The van der Waals surface area contributed by atoms with E-state index in [1.54, 1.807) is 27.7 Å². The number of ether oxygens (including phenoxy) is 2. The zero-order valence-electron chi connectivity index (χ0n) is 19.4. The van der Waals surface area contributed by atoms with Gasteiger partial charge in [-0.25, -0.2) is 15.7 Å². The molecule has 0 saturated carbocycles. The Morgan fingerprint density at radius 3 is 2.75 bits per heavy atom. The zero-order chi connectivity index (χ0) is 23.4. The van der Waals surface area contributed by atoms with Crippen molar-refractivity contribution < 1.29 is 19.1 Å². The summed E-state index contributed by atoms with van der Waals surface area (Å²) in [6.45, 7) is 9.13. The summed E-state index contributed by atoms with van der Waals surface area (Å²) in [6, 6.07) is 6.02. The Labute approximate surface area is 189 Å². The van der Waals surface area contributed by atoms with Gasteiger partial charge in [-0.05, 0) is 82.3 Å². The van der Waals surface area contributed by atoms with Crippen molar-refractivity contribution in [3.05, 3.63) is 35.5 Å². The molecule has 1 aromatic carbocycles. The number of benzene rings is 1. The lowest BCUT2D eigenvalue weighted by Gasteiger charge is -2.38. The molecular formula is C23H35N5O4. The van der Waals surface area contributed by atoms with E-state index in [4.69, 9.17) is 25.9 Å². The maximum absolute atomic E-state index is 12.7. The van der Waals surface area contributed by atoms with Crippen LogP contribution in [0.25, 0.3) is 5.57 Å². The summed E-state index contributed by atoms with van der Waals surface area (Å²) in [5.41, 5.74) is 6.70. The van der Waals surface area contributed by atoms with Crippen LogP contribution in [0, 0.1) is 0 Å². The fraction of sp³-hybridized carbons (Fsp3) is 0.565. The molecule has 32 heavy (non-hydrogen) atoms. The lowest BCUT2D eigenvalue weighted by Crippen LogP contribution is -2.56. The van der Waals surface area contributed by atoms with Crippen molar-refractivity contribution >= 4 is 17.5 Å². The molecule has 0 fully saturated rings. The minimum atomic E-state index is -1.40. The molecule has 2 aliphatic heterocycles. The van der Waals surface area contributed by atoms with Gasteiger partial charge in [0.25, 0.3) is 0 Å². The van der Waals surface area contributed by atoms with E-state index in [1.807, 2.05) is 18.3 Å². The average molecular weight is 446 g/mol. The number of carbonyl (C=O) groups is 1. The quantitative estimate of drug-likeness (QED) is 0.283. The summed E-state index contributed by atoms with van der Waals surface area (Å²) in [6.07, 6.45) is 3.52. The topological polar surface area (TPSA) is 133 Å². The van der Waals surface area contributed by atoms with Crippen molar-refractivity contribution in [2.45, 2.75) is 64.3 Å². The van der Waals surface area contributed by atoms with Crippen LogP contribution in [0.1, 0.15) is 51.7 Å². The molecule has 2 aliphatic rings. The Morgan fingerprint density at radius 1 is 1.34 bits per heavy atom. The highest BCUT2D eigenvalue weighted by atomic mass is 16.7. The summed E-state index contributed by atoms with van der Waals surface area (Å²) in [5.74, 6) is 6.47. The summed E-state index contributed by atoms with van der Waals surface area (Å²) in [4.78, 5) is 22.3. The van der Waals surface area contributed by atoms with E-state index in [0.717, 1.165) is 42.0 Å². The Bertz CT molecular complexity index is 893. The van der Waals surface area contributed by atoms with E-state index in [-0.39, 0.29) is 0 Å². The first-order valence-corrected chi connectivity index (χ1v) is 11.0. The van der Waals surface area contributed by atoms with Gasteiger partial charge in [-0.3, -0.25) is 4.84 Å². The number of fused-ring (bicyclic) bond motifs is 1. The van der Waals surface area contributed by atoms with E-state index in [0.29, 0.717) is 25.3 Å². The Morgan fingerprint density at radius 2 is 2.12 bits per heavy atom. The lowest BCUT2D eigenvalue weighted by molar-refractivity contribution is -0.196. The van der Waals surface area contributed by atoms with Crippen molar-refractivity contribution in [3.63, 3.8) is 0 Å². The summed E-state index contributed by atoms with van der Waals surface area (Å²) in [5, 5.41) is 6.52. The van der Waals surface area contributed by atoms with Gasteiger partial charge in [0.05, 0.1) is 0 Å². The Kier molecular flexibility index (Phi) is 7.43. The molecule has 9 heteroatoms. The minimum absolute atomic E-state index is 0.537. The molecule has 3 rings (SSSR count). The number of hydrogen-bond acceptors (Lipinski definition) is 9. The second-order valence-electron chi connectivity index (χ2n) is 9.25. The average Bonchev–Trinajstić information content (AvgIpc) is 2.77. The fourth-order valence-electron chi connectivity index (χ4n) is 3.62. The molecule has 0 saturated heterocycles. The molecule has 0 aromatic heterocycles. The van der Waals surface area contributed by atoms with E-state index in [1.165, 1.54) is 0 Å². The predicted octanol–water partition coefficient (Wildman–Crippen LogP) is 1.61. The second kappa shape index (κ2) is 9.89. The third kappa shape index (κ3) is 5.59. The molecule has 0 radical (unpaired) electrons. The van der Waals surface area contributed by atoms with Crippen molar-refractivity contribution in [2.24, 2.45) is 16.6 Å². The van der Waals surface area contributed by atoms with E-state index < -0.39 is 23.3 Å². The number of esters is 1. The van der Waals surface area contributed by atoms with Gasteiger partial charge in [0, 0.05) is 19.3 Å². The molecule has 9 nitrogen and oxygen atoms in total. The first kappa shape index (κ1) is 24.0. The van der Waals surface area contributed by atoms with Crippen molar-refractivity contribution in [1.82, 2.24) is 10.6 Å². The van der Waals surface area contributed by atoms with E-state index in [9.17, 15) is 4.79 Å². The van der Waals surface area contributed by atoms with Gasteiger partial charge in [0.2, 0.25) is 5.60 Å². The minimum Gasteiger partial charge on any atom is -0.486 e. The van der Waals surface area contributed by atoms with Crippen molar-refractivity contribution in [3.8, 4) is 5.75 Å². The number of nitrogens with two attached hydrogens (primary N) is 2. The number of rotatable bonds is 7. The predicted molar refractivity (Wildman–Crippen MR) is 124 cm³/mol. The molecule has 0 amide bonds. The molecule has 2 atom stereocenters. The molecular weight excluding hydrogens is 410 g/mol. The molecule has 0 aliphatic carbocycles. The molecule has 0 bridgehead atoms. The monoisotopic (exact) mass is 445 g/mol. The summed E-state index contributed by atoms with van der Waals surface area (Å²) >= 11 is 0. The first-order chi connectivity index (χ1) is 15.2. The Hall–Kier alpha value is -2.62. The molecule has 176 valence electrons. The second-order valence-corrected chi connectivity index (χ2v) is 9.25. The van der Waals surface area contributed by atoms with Crippen LogP contribution >= 0.6 is 0 Å². The molecule has 1 aromatic rings. The van der Waals surface area contributed by atoms with Crippen LogP contribution in [0.2, 0.25) is 0 Å². The van der Waals surface area contributed by atoms with E-state index in [2.05, 4.69) is 21.7 Å². The highest BCUT2D eigenvalue weighted by Gasteiger charge is 2.48.